The molecule has 1 aromatic carbocycles. The van der Waals surface area contributed by atoms with Gasteiger partial charge in [0.05, 0.1) is 23.8 Å². The van der Waals surface area contributed by atoms with Crippen LogP contribution in [0, 0.1) is 6.92 Å². The number of rotatable bonds is 6. The van der Waals surface area contributed by atoms with Gasteiger partial charge in [-0.15, -0.1) is 23.1 Å². The van der Waals surface area contributed by atoms with Crippen molar-refractivity contribution in [2.75, 3.05) is 17.3 Å². The lowest BCUT2D eigenvalue weighted by molar-refractivity contribution is -0.130. The Balaban J connectivity index is 1.71. The average molecular weight is 396 g/mol. The smallest absolute Gasteiger partial charge is 0.233 e. The summed E-state index contributed by atoms with van der Waals surface area (Å²) in [6.07, 6.45) is 0.536. The first kappa shape index (κ1) is 18.5. The molecule has 0 radical (unpaired) electrons. The number of benzene rings is 1. The van der Waals surface area contributed by atoms with Crippen LogP contribution in [0.15, 0.2) is 46.7 Å². The molecule has 1 fully saturated rings. The fourth-order valence-electron chi connectivity index (χ4n) is 2.95. The number of hydrogen-bond donors (Lipinski definition) is 0. The highest BCUT2D eigenvalue weighted by Gasteiger charge is 2.34. The summed E-state index contributed by atoms with van der Waals surface area (Å²) in [5.41, 5.74) is 1.15. The number of nitrogens with zero attached hydrogens (tertiary/aromatic N) is 1. The summed E-state index contributed by atoms with van der Waals surface area (Å²) >= 11 is 3.11. The Morgan fingerprint density at radius 1 is 1.28 bits per heavy atom. The van der Waals surface area contributed by atoms with E-state index in [-0.39, 0.29) is 23.5 Å². The summed E-state index contributed by atoms with van der Waals surface area (Å²) in [5, 5.41) is 1.98. The maximum absolute atomic E-state index is 12.9. The molecular weight excluding hydrogens is 374 g/mol. The van der Waals surface area contributed by atoms with Gasteiger partial charge in [-0.3, -0.25) is 4.79 Å². The molecule has 0 saturated carbocycles. The highest BCUT2D eigenvalue weighted by atomic mass is 32.2. The van der Waals surface area contributed by atoms with Crippen molar-refractivity contribution in [3.63, 3.8) is 0 Å². The second-order valence-corrected chi connectivity index (χ2v) is 10.5. The van der Waals surface area contributed by atoms with Gasteiger partial charge in [-0.2, -0.15) is 0 Å². The van der Waals surface area contributed by atoms with Crippen LogP contribution in [0.4, 0.5) is 0 Å². The third-order valence-corrected chi connectivity index (χ3v) is 8.09. The first-order valence-corrected chi connectivity index (χ1v) is 11.8. The van der Waals surface area contributed by atoms with E-state index >= 15 is 0 Å². The summed E-state index contributed by atoms with van der Waals surface area (Å²) in [6, 6.07) is 11.7. The molecule has 1 atom stereocenters. The molecule has 1 saturated heterocycles. The lowest BCUT2D eigenvalue weighted by Gasteiger charge is -2.28. The molecule has 2 aromatic rings. The van der Waals surface area contributed by atoms with Crippen LogP contribution in [0.3, 0.4) is 0 Å². The largest absolute Gasteiger partial charge is 0.333 e. The Kier molecular flexibility index (Phi) is 5.86. The monoisotopic (exact) mass is 395 g/mol. The first-order chi connectivity index (χ1) is 11.9. The molecule has 25 heavy (non-hydrogen) atoms. The Morgan fingerprint density at radius 2 is 2.08 bits per heavy atom. The van der Waals surface area contributed by atoms with E-state index in [1.54, 1.807) is 16.2 Å². The van der Waals surface area contributed by atoms with E-state index in [0.29, 0.717) is 18.7 Å². The number of thiophene rings is 1. The van der Waals surface area contributed by atoms with Gasteiger partial charge in [-0.1, -0.05) is 24.3 Å². The third kappa shape index (κ3) is 4.86. The van der Waals surface area contributed by atoms with E-state index in [2.05, 4.69) is 0 Å². The zero-order chi connectivity index (χ0) is 17.9. The van der Waals surface area contributed by atoms with Crippen molar-refractivity contribution < 1.29 is 13.2 Å². The van der Waals surface area contributed by atoms with Crippen molar-refractivity contribution >= 4 is 38.8 Å². The van der Waals surface area contributed by atoms with E-state index in [0.717, 1.165) is 15.3 Å². The lowest BCUT2D eigenvalue weighted by Crippen LogP contribution is -2.41. The van der Waals surface area contributed by atoms with E-state index in [1.807, 2.05) is 48.7 Å². The molecule has 4 nitrogen and oxygen atoms in total. The van der Waals surface area contributed by atoms with Crippen LogP contribution in [0.5, 0.6) is 0 Å². The molecule has 7 heteroatoms. The fraction of sp³-hybridized carbons (Fsp3) is 0.389. The minimum Gasteiger partial charge on any atom is -0.333 e. The van der Waals surface area contributed by atoms with E-state index in [9.17, 15) is 13.2 Å². The van der Waals surface area contributed by atoms with Crippen molar-refractivity contribution in [2.24, 2.45) is 0 Å². The van der Waals surface area contributed by atoms with E-state index < -0.39 is 9.84 Å². The molecule has 1 unspecified atom stereocenters. The molecule has 0 spiro atoms. The number of carbonyl (C=O) groups excluding carboxylic acids is 1. The summed E-state index contributed by atoms with van der Waals surface area (Å²) in [4.78, 5) is 16.8. The molecule has 0 N–H and O–H groups in total. The summed E-state index contributed by atoms with van der Waals surface area (Å²) in [7, 11) is -3.02. The van der Waals surface area contributed by atoms with E-state index in [1.165, 1.54) is 11.8 Å². The van der Waals surface area contributed by atoms with Crippen LogP contribution in [-0.2, 0) is 21.2 Å². The van der Waals surface area contributed by atoms with Crippen molar-refractivity contribution in [1.82, 2.24) is 4.90 Å². The third-order valence-electron chi connectivity index (χ3n) is 4.32. The Hall–Kier alpha value is -1.31. The number of amides is 1. The second-order valence-electron chi connectivity index (χ2n) is 6.21. The maximum Gasteiger partial charge on any atom is 0.233 e. The molecule has 1 aliphatic heterocycles. The Bertz CT molecular complexity index is 831. The minimum absolute atomic E-state index is 0.00348. The summed E-state index contributed by atoms with van der Waals surface area (Å²) in [5.74, 6) is 0.590. The van der Waals surface area contributed by atoms with Crippen molar-refractivity contribution in [3.05, 3.63) is 52.2 Å². The highest BCUT2D eigenvalue weighted by molar-refractivity contribution is 8.00. The highest BCUT2D eigenvalue weighted by Crippen LogP contribution is 2.26. The van der Waals surface area contributed by atoms with Gasteiger partial charge in [-0.25, -0.2) is 8.42 Å². The van der Waals surface area contributed by atoms with Crippen LogP contribution in [0.2, 0.25) is 0 Å². The quantitative estimate of drug-likeness (QED) is 0.704. The number of sulfone groups is 1. The normalized spacial score (nSPS) is 19.0. The van der Waals surface area contributed by atoms with Crippen molar-refractivity contribution in [1.29, 1.82) is 0 Å². The van der Waals surface area contributed by atoms with Gasteiger partial charge in [0.25, 0.3) is 0 Å². The fourth-order valence-corrected chi connectivity index (χ4v) is 6.30. The molecule has 0 bridgehead atoms. The van der Waals surface area contributed by atoms with Crippen LogP contribution in [0.1, 0.15) is 16.9 Å². The Morgan fingerprint density at radius 3 is 2.72 bits per heavy atom. The SMILES string of the molecule is Cc1ccccc1SCC(=O)N(Cc1cccs1)C1CCS(=O)(=O)C1. The Labute approximate surface area is 157 Å². The molecule has 1 aliphatic rings. The maximum atomic E-state index is 12.9. The van der Waals surface area contributed by atoms with Gasteiger partial charge in [0, 0.05) is 15.8 Å². The molecule has 134 valence electrons. The topological polar surface area (TPSA) is 54.5 Å². The number of thioether (sulfide) groups is 1. The van der Waals surface area contributed by atoms with Crippen LogP contribution in [-0.4, -0.2) is 42.5 Å². The van der Waals surface area contributed by atoms with Gasteiger partial charge >= 0.3 is 0 Å². The van der Waals surface area contributed by atoms with Crippen LogP contribution < -0.4 is 0 Å². The van der Waals surface area contributed by atoms with Crippen molar-refractivity contribution in [2.45, 2.75) is 30.8 Å². The van der Waals surface area contributed by atoms with E-state index in [4.69, 9.17) is 0 Å². The first-order valence-electron chi connectivity index (χ1n) is 8.15. The minimum atomic E-state index is -3.02. The molecule has 0 aliphatic carbocycles. The van der Waals surface area contributed by atoms with Gasteiger partial charge in [0.1, 0.15) is 0 Å². The number of hydrogen-bond acceptors (Lipinski definition) is 5. The standard InChI is InChI=1S/C18H21NO3S3/c1-14-5-2-3-7-17(14)24-12-18(20)19(11-16-6-4-9-23-16)15-8-10-25(21,22)13-15/h2-7,9,15H,8,10-13H2,1H3. The van der Waals surface area contributed by atoms with Crippen LogP contribution >= 0.6 is 23.1 Å². The lowest BCUT2D eigenvalue weighted by atomic mass is 10.2. The van der Waals surface area contributed by atoms with Gasteiger partial charge < -0.3 is 4.90 Å². The predicted molar refractivity (Wildman–Crippen MR) is 104 cm³/mol. The summed E-state index contributed by atoms with van der Waals surface area (Å²) in [6.45, 7) is 2.52. The predicted octanol–water partition coefficient (Wildman–Crippen LogP) is 3.36. The van der Waals surface area contributed by atoms with Gasteiger partial charge in [0.2, 0.25) is 5.91 Å². The number of carbonyl (C=O) groups is 1. The van der Waals surface area contributed by atoms with Gasteiger partial charge in [-0.05, 0) is 36.4 Å². The van der Waals surface area contributed by atoms with Gasteiger partial charge in [0.15, 0.2) is 9.84 Å². The zero-order valence-electron chi connectivity index (χ0n) is 14.1. The zero-order valence-corrected chi connectivity index (χ0v) is 16.5. The molecule has 2 heterocycles. The second kappa shape index (κ2) is 7.93. The average Bonchev–Trinajstić information content (AvgIpc) is 3.20. The molecule has 3 rings (SSSR count). The van der Waals surface area contributed by atoms with Crippen LogP contribution in [0.25, 0.3) is 0 Å². The molecule has 1 amide bonds. The summed E-state index contributed by atoms with van der Waals surface area (Å²) < 4.78 is 23.7. The van der Waals surface area contributed by atoms with Crippen molar-refractivity contribution in [3.8, 4) is 0 Å². The molecule has 1 aromatic heterocycles. The molecular formula is C18H21NO3S3. The number of aryl methyl sites for hydroxylation is 1.